The molecule has 0 radical (unpaired) electrons. The second kappa shape index (κ2) is 5.72. The van der Waals surface area contributed by atoms with Crippen molar-refractivity contribution < 1.29 is 0 Å². The van der Waals surface area contributed by atoms with E-state index in [1.54, 1.807) is 11.3 Å². The number of benzene rings is 1. The zero-order chi connectivity index (χ0) is 14.1. The second-order valence-corrected chi connectivity index (χ2v) is 6.61. The van der Waals surface area contributed by atoms with Crippen molar-refractivity contribution >= 4 is 45.6 Å². The van der Waals surface area contributed by atoms with Crippen LogP contribution in [0.4, 0.5) is 0 Å². The van der Waals surface area contributed by atoms with Crippen LogP contribution in [0.5, 0.6) is 0 Å². The van der Waals surface area contributed by atoms with Crippen molar-refractivity contribution in [2.45, 2.75) is 19.9 Å². The number of aromatic nitrogens is 3. The van der Waals surface area contributed by atoms with Crippen molar-refractivity contribution in [3.05, 3.63) is 45.1 Å². The molecule has 0 fully saturated rings. The zero-order valence-electron chi connectivity index (χ0n) is 10.9. The number of rotatable bonds is 4. The lowest BCUT2D eigenvalue weighted by atomic mass is 10.3. The number of nitrogens with zero attached hydrogens (tertiary/aromatic N) is 3. The van der Waals surface area contributed by atoms with Crippen molar-refractivity contribution in [3.8, 4) is 0 Å². The number of hydrogen-bond acceptors (Lipinski definition) is 3. The summed E-state index contributed by atoms with van der Waals surface area (Å²) in [5.74, 6) is 1.51. The Labute approximate surface area is 131 Å². The summed E-state index contributed by atoms with van der Waals surface area (Å²) in [6, 6.07) is 5.79. The van der Waals surface area contributed by atoms with E-state index >= 15 is 0 Å². The van der Waals surface area contributed by atoms with E-state index in [1.807, 2.05) is 31.3 Å². The first-order valence-electron chi connectivity index (χ1n) is 6.30. The molecule has 0 amide bonds. The van der Waals surface area contributed by atoms with Crippen molar-refractivity contribution in [1.29, 1.82) is 0 Å². The molecular weight excluding hydrogens is 313 g/mol. The molecule has 2 aromatic heterocycles. The average Bonchev–Trinajstić information content (AvgIpc) is 2.96. The standard InChI is InChI=1S/C14H13Cl2N3S/c1-9-17-7-10(20-9)8-19-13(5-6-15)18-12-4-2-3-11(16)14(12)19/h2-4,7H,5-6,8H2,1H3. The maximum absolute atomic E-state index is 6.34. The Morgan fingerprint density at radius 3 is 2.90 bits per heavy atom. The maximum atomic E-state index is 6.34. The van der Waals surface area contributed by atoms with E-state index in [0.717, 1.165) is 39.9 Å². The smallest absolute Gasteiger partial charge is 0.111 e. The molecule has 3 nitrogen and oxygen atoms in total. The monoisotopic (exact) mass is 325 g/mol. The van der Waals surface area contributed by atoms with Crippen LogP contribution in [0, 0.1) is 6.92 Å². The number of thiazole rings is 1. The third-order valence-corrected chi connectivity index (χ3v) is 4.49. The van der Waals surface area contributed by atoms with Gasteiger partial charge in [0.1, 0.15) is 5.82 Å². The highest BCUT2D eigenvalue weighted by Crippen LogP contribution is 2.26. The fraction of sp³-hybridized carbons (Fsp3) is 0.286. The summed E-state index contributed by atoms with van der Waals surface area (Å²) in [6.45, 7) is 2.74. The lowest BCUT2D eigenvalue weighted by molar-refractivity contribution is 0.762. The van der Waals surface area contributed by atoms with Gasteiger partial charge in [0.15, 0.2) is 0 Å². The van der Waals surface area contributed by atoms with Crippen molar-refractivity contribution in [2.75, 3.05) is 5.88 Å². The number of alkyl halides is 1. The third kappa shape index (κ3) is 2.55. The first-order chi connectivity index (χ1) is 9.69. The van der Waals surface area contributed by atoms with E-state index in [2.05, 4.69) is 14.5 Å². The van der Waals surface area contributed by atoms with Crippen LogP contribution in [-0.4, -0.2) is 20.4 Å². The molecule has 0 aliphatic heterocycles. The van der Waals surface area contributed by atoms with Gasteiger partial charge in [0, 0.05) is 23.4 Å². The van der Waals surface area contributed by atoms with Crippen LogP contribution in [0.15, 0.2) is 24.4 Å². The first kappa shape index (κ1) is 13.9. The molecule has 0 aliphatic carbocycles. The first-order valence-corrected chi connectivity index (χ1v) is 8.03. The van der Waals surface area contributed by atoms with Gasteiger partial charge in [-0.15, -0.1) is 22.9 Å². The molecule has 3 rings (SSSR count). The number of imidazole rings is 1. The molecule has 0 aliphatic rings. The molecule has 0 N–H and O–H groups in total. The minimum absolute atomic E-state index is 0.544. The molecular formula is C14H13Cl2N3S. The Bertz CT molecular complexity index is 748. The van der Waals surface area contributed by atoms with Crippen molar-refractivity contribution in [1.82, 2.24) is 14.5 Å². The van der Waals surface area contributed by atoms with E-state index in [0.29, 0.717) is 5.88 Å². The largest absolute Gasteiger partial charge is 0.321 e. The Hall–Kier alpha value is -1.10. The van der Waals surface area contributed by atoms with Crippen LogP contribution in [0.2, 0.25) is 5.02 Å². The predicted octanol–water partition coefficient (Wildman–Crippen LogP) is 4.28. The van der Waals surface area contributed by atoms with Crippen LogP contribution in [0.1, 0.15) is 15.7 Å². The van der Waals surface area contributed by atoms with Crippen LogP contribution >= 0.6 is 34.5 Å². The Morgan fingerprint density at radius 2 is 2.20 bits per heavy atom. The SMILES string of the molecule is Cc1ncc(Cn2c(CCCl)nc3cccc(Cl)c32)s1. The summed E-state index contributed by atoms with van der Waals surface area (Å²) in [7, 11) is 0. The van der Waals surface area contributed by atoms with Crippen molar-refractivity contribution in [2.24, 2.45) is 0 Å². The molecule has 1 aromatic carbocycles. The minimum Gasteiger partial charge on any atom is -0.321 e. The zero-order valence-corrected chi connectivity index (χ0v) is 13.3. The second-order valence-electron chi connectivity index (χ2n) is 4.51. The topological polar surface area (TPSA) is 30.7 Å². The van der Waals surface area contributed by atoms with Crippen LogP contribution in [-0.2, 0) is 13.0 Å². The van der Waals surface area contributed by atoms with Crippen LogP contribution < -0.4 is 0 Å². The summed E-state index contributed by atoms with van der Waals surface area (Å²) in [5, 5.41) is 1.78. The minimum atomic E-state index is 0.544. The summed E-state index contributed by atoms with van der Waals surface area (Å²) >= 11 is 13.9. The van der Waals surface area contributed by atoms with E-state index < -0.39 is 0 Å². The van der Waals surface area contributed by atoms with Gasteiger partial charge in [-0.25, -0.2) is 9.97 Å². The lowest BCUT2D eigenvalue weighted by Gasteiger charge is -2.07. The molecule has 0 atom stereocenters. The number of aryl methyl sites for hydroxylation is 2. The maximum Gasteiger partial charge on any atom is 0.111 e. The molecule has 3 aromatic rings. The predicted molar refractivity (Wildman–Crippen MR) is 85.1 cm³/mol. The van der Waals surface area contributed by atoms with Gasteiger partial charge >= 0.3 is 0 Å². The Kier molecular flexibility index (Phi) is 3.96. The number of fused-ring (bicyclic) bond motifs is 1. The Balaban J connectivity index is 2.12. The van der Waals surface area contributed by atoms with Gasteiger partial charge in [-0.1, -0.05) is 17.7 Å². The molecule has 2 heterocycles. The molecule has 0 spiro atoms. The highest BCUT2D eigenvalue weighted by Gasteiger charge is 2.14. The highest BCUT2D eigenvalue weighted by atomic mass is 35.5. The molecule has 0 saturated carbocycles. The fourth-order valence-electron chi connectivity index (χ4n) is 2.27. The summed E-state index contributed by atoms with van der Waals surface area (Å²) in [5.41, 5.74) is 1.89. The molecule has 6 heteroatoms. The third-order valence-electron chi connectivity index (χ3n) is 3.10. The van der Waals surface area contributed by atoms with Gasteiger partial charge in [-0.05, 0) is 19.1 Å². The number of halogens is 2. The van der Waals surface area contributed by atoms with Gasteiger partial charge in [0.2, 0.25) is 0 Å². The number of hydrogen-bond donors (Lipinski definition) is 0. The average molecular weight is 326 g/mol. The van der Waals surface area contributed by atoms with Gasteiger partial charge in [0.05, 0.1) is 27.6 Å². The van der Waals surface area contributed by atoms with Gasteiger partial charge < -0.3 is 4.57 Å². The Morgan fingerprint density at radius 1 is 1.35 bits per heavy atom. The number of para-hydroxylation sites is 1. The summed E-state index contributed by atoms with van der Waals surface area (Å²) in [4.78, 5) is 10.1. The molecule has 0 saturated heterocycles. The summed E-state index contributed by atoms with van der Waals surface area (Å²) in [6.07, 6.45) is 2.64. The fourth-order valence-corrected chi connectivity index (χ4v) is 3.49. The highest BCUT2D eigenvalue weighted by molar-refractivity contribution is 7.11. The van der Waals surface area contributed by atoms with E-state index in [9.17, 15) is 0 Å². The van der Waals surface area contributed by atoms with Crippen LogP contribution in [0.25, 0.3) is 11.0 Å². The molecule has 20 heavy (non-hydrogen) atoms. The quantitative estimate of drug-likeness (QED) is 0.670. The van der Waals surface area contributed by atoms with Gasteiger partial charge in [0.25, 0.3) is 0 Å². The molecule has 0 unspecified atom stereocenters. The van der Waals surface area contributed by atoms with Crippen LogP contribution in [0.3, 0.4) is 0 Å². The lowest BCUT2D eigenvalue weighted by Crippen LogP contribution is -2.05. The van der Waals surface area contributed by atoms with Crippen molar-refractivity contribution in [3.63, 3.8) is 0 Å². The summed E-state index contributed by atoms with van der Waals surface area (Å²) < 4.78 is 2.15. The van der Waals surface area contributed by atoms with Gasteiger partial charge in [-0.2, -0.15) is 0 Å². The van der Waals surface area contributed by atoms with E-state index in [4.69, 9.17) is 23.2 Å². The van der Waals surface area contributed by atoms with Gasteiger partial charge in [-0.3, -0.25) is 0 Å². The van der Waals surface area contributed by atoms with E-state index in [-0.39, 0.29) is 0 Å². The normalized spacial score (nSPS) is 11.3. The molecule has 104 valence electrons. The molecule has 0 bridgehead atoms. The van der Waals surface area contributed by atoms with E-state index in [1.165, 1.54) is 4.88 Å².